The highest BCUT2D eigenvalue weighted by Gasteiger charge is 2.41. The maximum absolute atomic E-state index is 13.3. The molecule has 2 rings (SSSR count). The minimum atomic E-state index is -4.78. The topological polar surface area (TPSA) is 47.4 Å². The zero-order valence-corrected chi connectivity index (χ0v) is 19.2. The molecular weight excluding hydrogens is 474 g/mol. The van der Waals surface area contributed by atoms with Crippen LogP contribution in [0.5, 0.6) is 0 Å². The molecule has 2 aromatic heterocycles. The Hall–Kier alpha value is -1.00. The third kappa shape index (κ3) is 4.85. The third-order valence-electron chi connectivity index (χ3n) is 4.90. The predicted octanol–water partition coefficient (Wildman–Crippen LogP) is 6.29. The Morgan fingerprint density at radius 3 is 2.28 bits per heavy atom. The molecule has 0 aliphatic rings. The van der Waals surface area contributed by atoms with E-state index in [2.05, 4.69) is 5.10 Å². The molecule has 5 nitrogen and oxygen atoms in total. The van der Waals surface area contributed by atoms with Gasteiger partial charge in [-0.15, -0.1) is 11.3 Å². The van der Waals surface area contributed by atoms with Crippen molar-refractivity contribution in [2.75, 3.05) is 7.11 Å². The van der Waals surface area contributed by atoms with E-state index in [-0.39, 0.29) is 11.8 Å². The molecule has 0 fully saturated rings. The maximum Gasteiger partial charge on any atom is 0.435 e. The maximum atomic E-state index is 13.3. The molecule has 0 N–H and O–H groups in total. The number of thiophene rings is 1. The van der Waals surface area contributed by atoms with Gasteiger partial charge in [-0.2, -0.15) is 18.3 Å². The second-order valence-corrected chi connectivity index (χ2v) is 9.24. The highest BCUT2D eigenvalue weighted by Crippen LogP contribution is 2.46. The Labute approximate surface area is 185 Å². The van der Waals surface area contributed by atoms with E-state index in [1.54, 1.807) is 6.92 Å². The summed E-state index contributed by atoms with van der Waals surface area (Å²) in [5, 5.41) is 4.61. The average Bonchev–Trinajstić information content (AvgIpc) is 3.13. The van der Waals surface area contributed by atoms with Gasteiger partial charge in [0.2, 0.25) is 0 Å². The van der Waals surface area contributed by atoms with Crippen molar-refractivity contribution in [1.82, 2.24) is 14.8 Å². The number of hydroxylamine groups is 2. The zero-order chi connectivity index (χ0) is 22.3. The molecule has 2 aromatic rings. The molecule has 1 amide bonds. The molecule has 0 aliphatic heterocycles. The van der Waals surface area contributed by atoms with E-state index in [1.165, 1.54) is 14.2 Å². The fourth-order valence-corrected chi connectivity index (χ4v) is 5.24. The molecule has 3 unspecified atom stereocenters. The van der Waals surface area contributed by atoms with Crippen molar-refractivity contribution < 1.29 is 22.8 Å². The van der Waals surface area contributed by atoms with Gasteiger partial charge in [-0.05, 0) is 18.8 Å². The van der Waals surface area contributed by atoms with Crippen LogP contribution in [0.3, 0.4) is 0 Å². The standard InChI is InChI=1S/C17H19Cl3F3N3O2S/c1-7(8(2)11-12(18)15(20)29-14(11)19)9(3)26(28-5)16(27)10-6-25(4)24-13(10)17(21,22)23/h6-9H,1-5H3. The first-order chi connectivity index (χ1) is 13.3. The molecule has 0 spiro atoms. The largest absolute Gasteiger partial charge is 0.435 e. The van der Waals surface area contributed by atoms with Crippen molar-refractivity contribution in [2.24, 2.45) is 13.0 Å². The fourth-order valence-electron chi connectivity index (χ4n) is 3.05. The van der Waals surface area contributed by atoms with E-state index in [4.69, 9.17) is 39.6 Å². The summed E-state index contributed by atoms with van der Waals surface area (Å²) in [4.78, 5) is 18.0. The van der Waals surface area contributed by atoms with Crippen LogP contribution in [0, 0.1) is 5.92 Å². The lowest BCUT2D eigenvalue weighted by Gasteiger charge is -2.34. The van der Waals surface area contributed by atoms with Crippen LogP contribution in [0.4, 0.5) is 13.2 Å². The number of carbonyl (C=O) groups is 1. The zero-order valence-electron chi connectivity index (χ0n) is 16.1. The number of halogens is 6. The number of aromatic nitrogens is 2. The molecular formula is C17H19Cl3F3N3O2S. The summed E-state index contributed by atoms with van der Waals surface area (Å²) in [6, 6.07) is -0.616. The Kier molecular flexibility index (Phi) is 7.54. The monoisotopic (exact) mass is 491 g/mol. The van der Waals surface area contributed by atoms with E-state index in [0.29, 0.717) is 19.3 Å². The lowest BCUT2D eigenvalue weighted by molar-refractivity contribution is -0.145. The summed E-state index contributed by atoms with van der Waals surface area (Å²) in [6.45, 7) is 5.34. The van der Waals surface area contributed by atoms with Crippen LogP contribution < -0.4 is 0 Å². The molecule has 12 heteroatoms. The van der Waals surface area contributed by atoms with Crippen molar-refractivity contribution in [3.63, 3.8) is 0 Å². The second kappa shape index (κ2) is 9.01. The first-order valence-corrected chi connectivity index (χ1v) is 10.4. The van der Waals surface area contributed by atoms with Crippen molar-refractivity contribution >= 4 is 52.0 Å². The van der Waals surface area contributed by atoms with Gasteiger partial charge in [-0.3, -0.25) is 14.3 Å². The molecule has 0 radical (unpaired) electrons. The number of nitrogens with zero attached hydrogens (tertiary/aromatic N) is 3. The smallest absolute Gasteiger partial charge is 0.274 e. The van der Waals surface area contributed by atoms with Crippen LogP contribution >= 0.6 is 46.1 Å². The van der Waals surface area contributed by atoms with Crippen molar-refractivity contribution in [1.29, 1.82) is 0 Å². The molecule has 3 atom stereocenters. The van der Waals surface area contributed by atoms with Crippen LogP contribution in [0.15, 0.2) is 6.20 Å². The molecule has 0 saturated carbocycles. The van der Waals surface area contributed by atoms with Crippen molar-refractivity contribution in [3.8, 4) is 0 Å². The van der Waals surface area contributed by atoms with E-state index < -0.39 is 29.4 Å². The SMILES string of the molecule is CON(C(=O)c1cn(C)nc1C(F)(F)F)C(C)C(C)C(C)c1c(Cl)sc(Cl)c1Cl. The number of aryl methyl sites for hydroxylation is 1. The van der Waals surface area contributed by atoms with Crippen LogP contribution in [0.25, 0.3) is 0 Å². The molecule has 2 heterocycles. The van der Waals surface area contributed by atoms with E-state index in [9.17, 15) is 18.0 Å². The molecule has 0 bridgehead atoms. The van der Waals surface area contributed by atoms with Crippen molar-refractivity contribution in [3.05, 3.63) is 36.7 Å². The lowest BCUT2D eigenvalue weighted by Crippen LogP contribution is -2.43. The summed E-state index contributed by atoms with van der Waals surface area (Å²) < 4.78 is 41.5. The van der Waals surface area contributed by atoms with Gasteiger partial charge in [0.25, 0.3) is 5.91 Å². The quantitative estimate of drug-likeness (QED) is 0.445. The van der Waals surface area contributed by atoms with Crippen molar-refractivity contribution in [2.45, 2.75) is 38.9 Å². The highest BCUT2D eigenvalue weighted by molar-refractivity contribution is 7.20. The Bertz CT molecular complexity index is 901. The molecule has 162 valence electrons. The fraction of sp³-hybridized carbons (Fsp3) is 0.529. The minimum Gasteiger partial charge on any atom is -0.274 e. The lowest BCUT2D eigenvalue weighted by atomic mass is 9.85. The van der Waals surface area contributed by atoms with Gasteiger partial charge < -0.3 is 0 Å². The molecule has 29 heavy (non-hydrogen) atoms. The van der Waals surface area contributed by atoms with Crippen LogP contribution in [-0.4, -0.2) is 33.9 Å². The van der Waals surface area contributed by atoms with Gasteiger partial charge in [-0.1, -0.05) is 48.7 Å². The number of hydrogen-bond donors (Lipinski definition) is 0. The van der Waals surface area contributed by atoms with Gasteiger partial charge in [0.05, 0.1) is 28.1 Å². The Morgan fingerprint density at radius 2 is 1.83 bits per heavy atom. The summed E-state index contributed by atoms with van der Waals surface area (Å²) in [5.41, 5.74) is -1.23. The van der Waals surface area contributed by atoms with E-state index in [0.717, 1.165) is 27.3 Å². The molecule has 0 saturated heterocycles. The van der Waals surface area contributed by atoms with Gasteiger partial charge in [0.15, 0.2) is 5.69 Å². The average molecular weight is 493 g/mol. The summed E-state index contributed by atoms with van der Waals surface area (Å²) >= 11 is 19.7. The van der Waals surface area contributed by atoms with Gasteiger partial charge in [0, 0.05) is 18.8 Å². The number of amides is 1. The molecule has 0 aromatic carbocycles. The second-order valence-electron chi connectivity index (χ2n) is 6.64. The van der Waals surface area contributed by atoms with E-state index >= 15 is 0 Å². The minimum absolute atomic E-state index is 0.254. The summed E-state index contributed by atoms with van der Waals surface area (Å²) in [7, 11) is 2.53. The first-order valence-electron chi connectivity index (χ1n) is 8.42. The van der Waals surface area contributed by atoms with Gasteiger partial charge in [-0.25, -0.2) is 5.06 Å². The highest BCUT2D eigenvalue weighted by atomic mass is 35.5. The molecule has 0 aliphatic carbocycles. The Morgan fingerprint density at radius 1 is 1.24 bits per heavy atom. The first kappa shape index (κ1) is 24.3. The predicted molar refractivity (Wildman–Crippen MR) is 108 cm³/mol. The van der Waals surface area contributed by atoms with Crippen LogP contribution in [0.1, 0.15) is 48.3 Å². The summed E-state index contributed by atoms with van der Waals surface area (Å²) in [5.74, 6) is -1.49. The number of rotatable bonds is 6. The number of alkyl halides is 3. The Balaban J connectivity index is 2.35. The number of carbonyl (C=O) groups excluding carboxylic acids is 1. The third-order valence-corrected chi connectivity index (χ3v) is 7.14. The van der Waals surface area contributed by atoms with Crippen LogP contribution in [-0.2, 0) is 18.1 Å². The van der Waals surface area contributed by atoms with Gasteiger partial charge >= 0.3 is 6.18 Å². The number of hydrogen-bond acceptors (Lipinski definition) is 4. The van der Waals surface area contributed by atoms with E-state index in [1.807, 2.05) is 13.8 Å². The summed E-state index contributed by atoms with van der Waals surface area (Å²) in [6.07, 6.45) is -3.76. The van der Waals surface area contributed by atoms with Gasteiger partial charge in [0.1, 0.15) is 4.34 Å². The normalized spacial score (nSPS) is 15.3. The van der Waals surface area contributed by atoms with Crippen LogP contribution in [0.2, 0.25) is 13.7 Å².